The van der Waals surface area contributed by atoms with Crippen LogP contribution in [0.2, 0.25) is 0 Å². The number of benzene rings is 1. The van der Waals surface area contributed by atoms with Gasteiger partial charge in [-0.15, -0.1) is 0 Å². The second kappa shape index (κ2) is 5.74. The summed E-state index contributed by atoms with van der Waals surface area (Å²) in [6, 6.07) is 4.62. The van der Waals surface area contributed by atoms with Crippen LogP contribution < -0.4 is 5.73 Å². The summed E-state index contributed by atoms with van der Waals surface area (Å²) in [5.41, 5.74) is 7.48. The lowest BCUT2D eigenvalue weighted by atomic mass is 10.1. The third kappa shape index (κ3) is 3.36. The summed E-state index contributed by atoms with van der Waals surface area (Å²) in [4.78, 5) is 2.37. The summed E-state index contributed by atoms with van der Waals surface area (Å²) in [5, 5.41) is 0.707. The van der Waals surface area contributed by atoms with Gasteiger partial charge in [-0.1, -0.05) is 6.92 Å². The van der Waals surface area contributed by atoms with E-state index in [9.17, 15) is 4.39 Å². The predicted molar refractivity (Wildman–Crippen MR) is 72.6 cm³/mol. The Morgan fingerprint density at radius 1 is 1.53 bits per heavy atom. The zero-order valence-electron chi connectivity index (χ0n) is 10.2. The van der Waals surface area contributed by atoms with Crippen molar-refractivity contribution in [3.05, 3.63) is 29.6 Å². The van der Waals surface area contributed by atoms with Gasteiger partial charge in [0.25, 0.3) is 0 Å². The quantitative estimate of drug-likeness (QED) is 0.841. The first-order valence-electron chi connectivity index (χ1n) is 6.07. The Morgan fingerprint density at radius 2 is 2.35 bits per heavy atom. The highest BCUT2D eigenvalue weighted by molar-refractivity contribution is 8.00. The Bertz CT molecular complexity index is 384. The van der Waals surface area contributed by atoms with E-state index in [0.29, 0.717) is 10.9 Å². The van der Waals surface area contributed by atoms with Crippen molar-refractivity contribution < 1.29 is 4.39 Å². The lowest BCUT2D eigenvalue weighted by Crippen LogP contribution is -2.37. The number of nitrogens with zero attached hydrogens (tertiary/aromatic N) is 1. The molecule has 17 heavy (non-hydrogen) atoms. The third-order valence-electron chi connectivity index (χ3n) is 3.18. The SMILES string of the molecule is CCC1CN(Cc2cc(F)ccc2N)CCS1. The molecule has 1 atom stereocenters. The molecule has 1 saturated heterocycles. The summed E-state index contributed by atoms with van der Waals surface area (Å²) >= 11 is 2.04. The molecule has 0 aromatic heterocycles. The number of hydrogen-bond acceptors (Lipinski definition) is 3. The monoisotopic (exact) mass is 254 g/mol. The van der Waals surface area contributed by atoms with E-state index in [4.69, 9.17) is 5.73 Å². The van der Waals surface area contributed by atoms with E-state index in [1.54, 1.807) is 12.1 Å². The van der Waals surface area contributed by atoms with E-state index >= 15 is 0 Å². The summed E-state index contributed by atoms with van der Waals surface area (Å²) in [6.45, 7) is 5.13. The lowest BCUT2D eigenvalue weighted by molar-refractivity contribution is 0.273. The molecule has 94 valence electrons. The third-order valence-corrected chi connectivity index (χ3v) is 4.55. The van der Waals surface area contributed by atoms with Gasteiger partial charge in [-0.25, -0.2) is 4.39 Å². The van der Waals surface area contributed by atoms with Gasteiger partial charge in [0.15, 0.2) is 0 Å². The van der Waals surface area contributed by atoms with Gasteiger partial charge < -0.3 is 5.73 Å². The Balaban J connectivity index is 2.02. The highest BCUT2D eigenvalue weighted by atomic mass is 32.2. The molecule has 1 aromatic carbocycles. The zero-order chi connectivity index (χ0) is 12.3. The minimum Gasteiger partial charge on any atom is -0.398 e. The highest BCUT2D eigenvalue weighted by Crippen LogP contribution is 2.24. The maximum Gasteiger partial charge on any atom is 0.123 e. The van der Waals surface area contributed by atoms with Gasteiger partial charge >= 0.3 is 0 Å². The lowest BCUT2D eigenvalue weighted by Gasteiger charge is -2.32. The number of nitrogen functional groups attached to an aromatic ring is 1. The van der Waals surface area contributed by atoms with Crippen LogP contribution in [0.5, 0.6) is 0 Å². The van der Waals surface area contributed by atoms with Crippen LogP contribution in [0.1, 0.15) is 18.9 Å². The standard InChI is InChI=1S/C13H19FN2S/c1-2-12-9-16(5-6-17-12)8-10-7-11(14)3-4-13(10)15/h3-4,7,12H,2,5-6,8-9,15H2,1H3. The molecule has 0 aliphatic carbocycles. The molecule has 1 fully saturated rings. The molecule has 2 N–H and O–H groups in total. The number of hydrogen-bond donors (Lipinski definition) is 1. The van der Waals surface area contributed by atoms with E-state index in [1.807, 2.05) is 11.8 Å². The van der Waals surface area contributed by atoms with Gasteiger partial charge in [0, 0.05) is 36.3 Å². The van der Waals surface area contributed by atoms with Crippen LogP contribution in [-0.4, -0.2) is 29.0 Å². The van der Waals surface area contributed by atoms with Crippen LogP contribution in [0.15, 0.2) is 18.2 Å². The van der Waals surface area contributed by atoms with Gasteiger partial charge in [0.2, 0.25) is 0 Å². The summed E-state index contributed by atoms with van der Waals surface area (Å²) < 4.78 is 13.2. The van der Waals surface area contributed by atoms with Crippen molar-refractivity contribution in [1.82, 2.24) is 4.90 Å². The van der Waals surface area contributed by atoms with Gasteiger partial charge in [0.1, 0.15) is 5.82 Å². The average Bonchev–Trinajstić information content (AvgIpc) is 2.34. The van der Waals surface area contributed by atoms with Crippen molar-refractivity contribution in [2.75, 3.05) is 24.6 Å². The number of nitrogens with two attached hydrogens (primary N) is 1. The fourth-order valence-corrected chi connectivity index (χ4v) is 3.37. The Morgan fingerprint density at radius 3 is 3.12 bits per heavy atom. The molecule has 2 nitrogen and oxygen atoms in total. The largest absolute Gasteiger partial charge is 0.398 e. The van der Waals surface area contributed by atoms with E-state index in [1.165, 1.54) is 12.5 Å². The molecule has 0 radical (unpaired) electrons. The summed E-state index contributed by atoms with van der Waals surface area (Å²) in [5.74, 6) is 0.959. The molecule has 2 rings (SSSR count). The molecule has 4 heteroatoms. The van der Waals surface area contributed by atoms with E-state index in [-0.39, 0.29) is 5.82 Å². The van der Waals surface area contributed by atoms with Crippen LogP contribution in [0, 0.1) is 5.82 Å². The number of anilines is 1. The summed E-state index contributed by atoms with van der Waals surface area (Å²) in [6.07, 6.45) is 1.19. The minimum absolute atomic E-state index is 0.201. The second-order valence-electron chi connectivity index (χ2n) is 4.48. The molecule has 1 aromatic rings. The van der Waals surface area contributed by atoms with Crippen LogP contribution >= 0.6 is 11.8 Å². The first-order chi connectivity index (χ1) is 8.19. The molecule has 0 amide bonds. The van der Waals surface area contributed by atoms with Gasteiger partial charge in [-0.05, 0) is 30.2 Å². The molecule has 1 heterocycles. The maximum absolute atomic E-state index is 13.2. The topological polar surface area (TPSA) is 29.3 Å². The normalized spacial score (nSPS) is 21.6. The van der Waals surface area contributed by atoms with Gasteiger partial charge in [0.05, 0.1) is 0 Å². The van der Waals surface area contributed by atoms with Crippen LogP contribution in [0.3, 0.4) is 0 Å². The average molecular weight is 254 g/mol. The molecule has 0 spiro atoms. The number of halogens is 1. The Labute approximate surface area is 106 Å². The van der Waals surface area contributed by atoms with Crippen LogP contribution in [-0.2, 0) is 6.54 Å². The molecular formula is C13H19FN2S. The minimum atomic E-state index is -0.201. The fraction of sp³-hybridized carbons (Fsp3) is 0.538. The molecule has 0 saturated carbocycles. The first-order valence-corrected chi connectivity index (χ1v) is 7.11. The Hall–Kier alpha value is -0.740. The van der Waals surface area contributed by atoms with Crippen LogP contribution in [0.25, 0.3) is 0 Å². The predicted octanol–water partition coefficient (Wildman–Crippen LogP) is 2.74. The van der Waals surface area contributed by atoms with Gasteiger partial charge in [-0.2, -0.15) is 11.8 Å². The molecule has 1 aliphatic rings. The molecule has 1 unspecified atom stereocenters. The van der Waals surface area contributed by atoms with E-state index in [2.05, 4.69) is 11.8 Å². The zero-order valence-corrected chi connectivity index (χ0v) is 11.0. The fourth-order valence-electron chi connectivity index (χ4n) is 2.12. The summed E-state index contributed by atoms with van der Waals surface area (Å²) in [7, 11) is 0. The van der Waals surface area contributed by atoms with Crippen molar-refractivity contribution >= 4 is 17.4 Å². The van der Waals surface area contributed by atoms with Crippen molar-refractivity contribution in [1.29, 1.82) is 0 Å². The van der Waals surface area contributed by atoms with Gasteiger partial charge in [-0.3, -0.25) is 4.90 Å². The maximum atomic E-state index is 13.2. The number of thioether (sulfide) groups is 1. The molecular weight excluding hydrogens is 235 g/mol. The van der Waals surface area contributed by atoms with Crippen molar-refractivity contribution in [3.8, 4) is 0 Å². The first kappa shape index (κ1) is 12.7. The van der Waals surface area contributed by atoms with E-state index < -0.39 is 0 Å². The van der Waals surface area contributed by atoms with Crippen molar-refractivity contribution in [2.45, 2.75) is 25.1 Å². The van der Waals surface area contributed by atoms with E-state index in [0.717, 1.165) is 31.0 Å². The second-order valence-corrected chi connectivity index (χ2v) is 5.89. The van der Waals surface area contributed by atoms with Crippen LogP contribution in [0.4, 0.5) is 10.1 Å². The molecule has 1 aliphatic heterocycles. The molecule has 0 bridgehead atoms. The van der Waals surface area contributed by atoms with Crippen molar-refractivity contribution in [2.24, 2.45) is 0 Å². The smallest absolute Gasteiger partial charge is 0.123 e. The highest BCUT2D eigenvalue weighted by Gasteiger charge is 2.19. The number of rotatable bonds is 3. The Kier molecular flexibility index (Phi) is 4.29. The van der Waals surface area contributed by atoms with Crippen molar-refractivity contribution in [3.63, 3.8) is 0 Å².